The van der Waals surface area contributed by atoms with Gasteiger partial charge in [0, 0.05) is 54.8 Å². The summed E-state index contributed by atoms with van der Waals surface area (Å²) in [5.74, 6) is 0.0828. The second kappa shape index (κ2) is 9.41. The van der Waals surface area contributed by atoms with Gasteiger partial charge in [-0.05, 0) is 23.8 Å². The quantitative estimate of drug-likeness (QED) is 0.577. The number of carbonyl (C=O) groups is 1. The van der Waals surface area contributed by atoms with Gasteiger partial charge in [-0.2, -0.15) is 0 Å². The van der Waals surface area contributed by atoms with Crippen LogP contribution in [0.2, 0.25) is 0 Å². The predicted molar refractivity (Wildman–Crippen MR) is 124 cm³/mol. The van der Waals surface area contributed by atoms with Crippen LogP contribution < -0.4 is 5.43 Å². The largest absolute Gasteiger partial charge is 0.339 e. The molecular weight excluding hydrogens is 442 g/mol. The number of carbonyl (C=O) groups excluding carboxylic acids is 1. The van der Waals surface area contributed by atoms with Crippen LogP contribution in [0.5, 0.6) is 0 Å². The van der Waals surface area contributed by atoms with E-state index in [2.05, 4.69) is 45.1 Å². The van der Waals surface area contributed by atoms with Gasteiger partial charge in [-0.15, -0.1) is 0 Å². The number of halogens is 1. The lowest BCUT2D eigenvalue weighted by molar-refractivity contribution is -0.133. The Hall–Kier alpha value is -2.70. The van der Waals surface area contributed by atoms with Crippen molar-refractivity contribution in [2.24, 2.45) is 0 Å². The van der Waals surface area contributed by atoms with Crippen LogP contribution in [0.15, 0.2) is 76.1 Å². The average Bonchev–Trinajstić information content (AvgIpc) is 2.77. The molecule has 0 radical (unpaired) electrons. The van der Waals surface area contributed by atoms with Gasteiger partial charge in [-0.1, -0.05) is 58.4 Å². The summed E-state index contributed by atoms with van der Waals surface area (Å²) >= 11 is 3.45. The Labute approximate surface area is 184 Å². The highest BCUT2D eigenvalue weighted by Crippen LogP contribution is 2.17. The maximum atomic E-state index is 12.9. The molecule has 0 atom stereocenters. The molecule has 0 N–H and O–H groups in total. The molecule has 1 aromatic heterocycles. The van der Waals surface area contributed by atoms with Gasteiger partial charge in [-0.25, -0.2) is 0 Å². The maximum absolute atomic E-state index is 12.9. The zero-order chi connectivity index (χ0) is 20.9. The van der Waals surface area contributed by atoms with Gasteiger partial charge in [0.1, 0.15) is 6.54 Å². The zero-order valence-electron chi connectivity index (χ0n) is 16.7. The number of benzene rings is 2. The van der Waals surface area contributed by atoms with Gasteiger partial charge in [0.25, 0.3) is 0 Å². The van der Waals surface area contributed by atoms with E-state index in [0.29, 0.717) is 5.39 Å². The topological polar surface area (TPSA) is 45.6 Å². The molecule has 1 amide bonds. The highest BCUT2D eigenvalue weighted by Gasteiger charge is 2.21. The predicted octanol–water partition coefficient (Wildman–Crippen LogP) is 3.62. The van der Waals surface area contributed by atoms with Gasteiger partial charge in [0.2, 0.25) is 5.91 Å². The minimum absolute atomic E-state index is 0.0293. The molecule has 1 aliphatic heterocycles. The lowest BCUT2D eigenvalue weighted by Crippen LogP contribution is -2.49. The maximum Gasteiger partial charge on any atom is 0.242 e. The third kappa shape index (κ3) is 4.89. The van der Waals surface area contributed by atoms with Gasteiger partial charge in [-0.3, -0.25) is 14.5 Å². The van der Waals surface area contributed by atoms with Crippen LogP contribution in [0.4, 0.5) is 0 Å². The highest BCUT2D eigenvalue weighted by atomic mass is 79.9. The van der Waals surface area contributed by atoms with Gasteiger partial charge >= 0.3 is 0 Å². The number of piperazine rings is 1. The number of hydrogen-bond acceptors (Lipinski definition) is 3. The van der Waals surface area contributed by atoms with Crippen LogP contribution in [0.25, 0.3) is 17.0 Å². The molecule has 154 valence electrons. The molecule has 30 heavy (non-hydrogen) atoms. The van der Waals surface area contributed by atoms with Crippen molar-refractivity contribution in [1.29, 1.82) is 0 Å². The minimum Gasteiger partial charge on any atom is -0.339 e. The van der Waals surface area contributed by atoms with Crippen LogP contribution in [0.3, 0.4) is 0 Å². The van der Waals surface area contributed by atoms with Crippen molar-refractivity contribution >= 4 is 38.8 Å². The van der Waals surface area contributed by atoms with E-state index in [-0.39, 0.29) is 17.9 Å². The van der Waals surface area contributed by atoms with Crippen LogP contribution in [-0.2, 0) is 11.3 Å². The second-order valence-corrected chi connectivity index (χ2v) is 8.38. The third-order valence-corrected chi connectivity index (χ3v) is 5.94. The van der Waals surface area contributed by atoms with Crippen LogP contribution >= 0.6 is 15.9 Å². The van der Waals surface area contributed by atoms with Crippen molar-refractivity contribution < 1.29 is 4.79 Å². The van der Waals surface area contributed by atoms with Crippen molar-refractivity contribution in [3.63, 3.8) is 0 Å². The Morgan fingerprint density at radius 3 is 2.53 bits per heavy atom. The van der Waals surface area contributed by atoms with Crippen molar-refractivity contribution in [1.82, 2.24) is 14.4 Å². The number of rotatable bonds is 5. The summed E-state index contributed by atoms with van der Waals surface area (Å²) in [5.41, 5.74) is 1.94. The lowest BCUT2D eigenvalue weighted by atomic mass is 10.2. The lowest BCUT2D eigenvalue weighted by Gasteiger charge is -2.34. The normalized spacial score (nSPS) is 15.2. The van der Waals surface area contributed by atoms with E-state index in [1.54, 1.807) is 12.3 Å². The summed E-state index contributed by atoms with van der Waals surface area (Å²) in [6.07, 6.45) is 6.02. The molecule has 3 aromatic rings. The highest BCUT2D eigenvalue weighted by molar-refractivity contribution is 9.10. The third-order valence-electron chi connectivity index (χ3n) is 5.44. The Kier molecular flexibility index (Phi) is 6.45. The SMILES string of the molecule is O=C(Cn1ccc(=O)c2ccc(Br)cc21)N1CCN(C/C=C/c2ccccc2)CC1. The van der Waals surface area contributed by atoms with Crippen molar-refractivity contribution in [3.8, 4) is 0 Å². The molecular formula is C24H24BrN3O2. The molecule has 5 nitrogen and oxygen atoms in total. The number of aromatic nitrogens is 1. The van der Waals surface area contributed by atoms with E-state index in [1.807, 2.05) is 39.8 Å². The van der Waals surface area contributed by atoms with E-state index in [0.717, 1.165) is 42.7 Å². The summed E-state index contributed by atoms with van der Waals surface area (Å²) < 4.78 is 2.75. The van der Waals surface area contributed by atoms with Crippen molar-refractivity contribution in [2.45, 2.75) is 6.54 Å². The smallest absolute Gasteiger partial charge is 0.242 e. The van der Waals surface area contributed by atoms with Crippen molar-refractivity contribution in [2.75, 3.05) is 32.7 Å². The molecule has 4 rings (SSSR count). The van der Waals surface area contributed by atoms with Gasteiger partial charge < -0.3 is 9.47 Å². The first kappa shape index (κ1) is 20.6. The van der Waals surface area contributed by atoms with Gasteiger partial charge in [0.05, 0.1) is 5.52 Å². The summed E-state index contributed by atoms with van der Waals surface area (Å²) in [4.78, 5) is 29.2. The monoisotopic (exact) mass is 465 g/mol. The summed E-state index contributed by atoms with van der Waals surface area (Å²) in [6, 6.07) is 17.3. The van der Waals surface area contributed by atoms with E-state index >= 15 is 0 Å². The summed E-state index contributed by atoms with van der Waals surface area (Å²) in [7, 11) is 0. The molecule has 1 fully saturated rings. The fourth-order valence-corrected chi connectivity index (χ4v) is 4.09. The molecule has 0 spiro atoms. The standard InChI is InChI=1S/C24H24BrN3O2/c25-20-8-9-21-22(17-20)28(12-10-23(21)29)18-24(30)27-15-13-26(14-16-27)11-4-7-19-5-2-1-3-6-19/h1-10,12,17H,11,13-16,18H2/b7-4+. The number of pyridine rings is 1. The fourth-order valence-electron chi connectivity index (χ4n) is 3.74. The Morgan fingerprint density at radius 1 is 1.00 bits per heavy atom. The second-order valence-electron chi connectivity index (χ2n) is 7.46. The van der Waals surface area contributed by atoms with Gasteiger partial charge in [0.15, 0.2) is 5.43 Å². The molecule has 0 saturated carbocycles. The fraction of sp³-hybridized carbons (Fsp3) is 0.250. The van der Waals surface area contributed by atoms with Crippen molar-refractivity contribution in [3.05, 3.63) is 87.1 Å². The van der Waals surface area contributed by atoms with E-state index < -0.39 is 0 Å². The number of nitrogens with zero attached hydrogens (tertiary/aromatic N) is 3. The first-order valence-corrected chi connectivity index (χ1v) is 10.9. The molecule has 0 bridgehead atoms. The van der Waals surface area contributed by atoms with E-state index in [1.165, 1.54) is 11.6 Å². The number of fused-ring (bicyclic) bond motifs is 1. The average molecular weight is 466 g/mol. The first-order valence-electron chi connectivity index (χ1n) is 10.1. The molecule has 6 heteroatoms. The molecule has 0 aliphatic carbocycles. The van der Waals surface area contributed by atoms with Crippen LogP contribution in [0.1, 0.15) is 5.56 Å². The number of hydrogen-bond donors (Lipinski definition) is 0. The summed E-state index contributed by atoms with van der Waals surface area (Å²) in [6.45, 7) is 4.29. The first-order chi connectivity index (χ1) is 14.6. The Morgan fingerprint density at radius 2 is 1.77 bits per heavy atom. The van der Waals surface area contributed by atoms with Crippen LogP contribution in [0, 0.1) is 0 Å². The molecule has 1 aliphatic rings. The minimum atomic E-state index is -0.0293. The molecule has 2 aromatic carbocycles. The zero-order valence-corrected chi connectivity index (χ0v) is 18.3. The van der Waals surface area contributed by atoms with E-state index in [4.69, 9.17) is 0 Å². The molecule has 2 heterocycles. The molecule has 1 saturated heterocycles. The van der Waals surface area contributed by atoms with Crippen LogP contribution in [-0.4, -0.2) is 53.0 Å². The Balaban J connectivity index is 1.34. The Bertz CT molecular complexity index is 1120. The molecule has 0 unspecified atom stereocenters. The van der Waals surface area contributed by atoms with E-state index in [9.17, 15) is 9.59 Å². The number of amides is 1. The summed E-state index contributed by atoms with van der Waals surface area (Å²) in [5, 5.41) is 0.628.